The zero-order valence-electron chi connectivity index (χ0n) is 42.5. The number of carbonyl (C=O) groups is 2. The zero-order valence-corrected chi connectivity index (χ0v) is 42.5. The summed E-state index contributed by atoms with van der Waals surface area (Å²) in [6, 6.07) is -0.746. The van der Waals surface area contributed by atoms with E-state index >= 15 is 0 Å². The normalized spacial score (nSPS) is 14.2. The van der Waals surface area contributed by atoms with Crippen LogP contribution in [0.3, 0.4) is 0 Å². The number of hydrogen-bond acceptors (Lipinski definition) is 5. The lowest BCUT2D eigenvalue weighted by Gasteiger charge is -2.24. The molecule has 6 nitrogen and oxygen atoms in total. The number of esters is 1. The van der Waals surface area contributed by atoms with Gasteiger partial charge in [-0.2, -0.15) is 0 Å². The highest BCUT2D eigenvalue weighted by atomic mass is 16.5. The van der Waals surface area contributed by atoms with Crippen molar-refractivity contribution >= 4 is 11.9 Å². The van der Waals surface area contributed by atoms with Crippen molar-refractivity contribution in [2.24, 2.45) is 0 Å². The topological polar surface area (TPSA) is 95.9 Å². The molecule has 0 saturated carbocycles. The lowest BCUT2D eigenvalue weighted by Crippen LogP contribution is -2.46. The van der Waals surface area contributed by atoms with E-state index in [-0.39, 0.29) is 31.3 Å². The second-order valence-corrected chi connectivity index (χ2v) is 17.6. The zero-order chi connectivity index (χ0) is 48.1. The van der Waals surface area contributed by atoms with Crippen LogP contribution >= 0.6 is 0 Å². The minimum Gasteiger partial charge on any atom is -0.462 e. The SMILES string of the molecule is CC/C=C\C/C=C\C/C=C\C/C=C\C/C=C\C/C=C\CCC(=O)OC(CCC\C=C/C=C\C=C\C=C\CC)CC(=O)NC(CO)C(O)CCCCCCCCCCCCCCCCCCC. The van der Waals surface area contributed by atoms with Crippen LogP contribution in [0.1, 0.15) is 220 Å². The molecular formula is C60H99NO5. The highest BCUT2D eigenvalue weighted by molar-refractivity contribution is 5.77. The molecule has 0 aliphatic rings. The van der Waals surface area contributed by atoms with E-state index in [0.717, 1.165) is 77.0 Å². The first-order valence-electron chi connectivity index (χ1n) is 26.8. The van der Waals surface area contributed by atoms with Crippen LogP contribution < -0.4 is 5.32 Å². The van der Waals surface area contributed by atoms with Crippen LogP contribution in [-0.4, -0.2) is 46.9 Å². The smallest absolute Gasteiger partial charge is 0.306 e. The molecule has 374 valence electrons. The number of carbonyl (C=O) groups excluding carboxylic acids is 2. The number of rotatable bonds is 46. The van der Waals surface area contributed by atoms with Gasteiger partial charge < -0.3 is 20.3 Å². The van der Waals surface area contributed by atoms with Gasteiger partial charge in [-0.1, -0.05) is 251 Å². The highest BCUT2D eigenvalue weighted by Crippen LogP contribution is 2.16. The molecule has 0 aromatic carbocycles. The lowest BCUT2D eigenvalue weighted by atomic mass is 10.0. The number of amides is 1. The first kappa shape index (κ1) is 62.3. The van der Waals surface area contributed by atoms with E-state index in [1.165, 1.54) is 89.9 Å². The molecular weight excluding hydrogens is 815 g/mol. The molecule has 66 heavy (non-hydrogen) atoms. The summed E-state index contributed by atoms with van der Waals surface area (Å²) in [5.41, 5.74) is 0. The maximum Gasteiger partial charge on any atom is 0.306 e. The molecule has 0 rings (SSSR count). The van der Waals surface area contributed by atoms with Gasteiger partial charge in [0.05, 0.1) is 25.2 Å². The van der Waals surface area contributed by atoms with E-state index in [1.54, 1.807) is 0 Å². The first-order valence-corrected chi connectivity index (χ1v) is 26.8. The van der Waals surface area contributed by atoms with Gasteiger partial charge in [-0.15, -0.1) is 0 Å². The van der Waals surface area contributed by atoms with Crippen molar-refractivity contribution in [1.82, 2.24) is 5.32 Å². The minimum atomic E-state index is -0.826. The van der Waals surface area contributed by atoms with Gasteiger partial charge in [0.15, 0.2) is 0 Å². The molecule has 0 radical (unpaired) electrons. The van der Waals surface area contributed by atoms with Gasteiger partial charge in [0.2, 0.25) is 5.91 Å². The van der Waals surface area contributed by atoms with Crippen molar-refractivity contribution in [3.8, 4) is 0 Å². The number of nitrogens with one attached hydrogen (secondary N) is 1. The number of ether oxygens (including phenoxy) is 1. The van der Waals surface area contributed by atoms with Crippen molar-refractivity contribution in [3.05, 3.63) is 122 Å². The summed E-state index contributed by atoms with van der Waals surface area (Å²) in [5, 5.41) is 23.8. The van der Waals surface area contributed by atoms with Crippen LogP contribution in [0.15, 0.2) is 122 Å². The minimum absolute atomic E-state index is 0.00626. The van der Waals surface area contributed by atoms with Crippen LogP contribution in [0.5, 0.6) is 0 Å². The molecule has 0 fully saturated rings. The largest absolute Gasteiger partial charge is 0.462 e. The van der Waals surface area contributed by atoms with Gasteiger partial charge in [-0.25, -0.2) is 0 Å². The Labute approximate surface area is 406 Å². The Balaban J connectivity index is 4.67. The maximum absolute atomic E-state index is 13.2. The monoisotopic (exact) mass is 914 g/mol. The van der Waals surface area contributed by atoms with Crippen molar-refractivity contribution in [3.63, 3.8) is 0 Å². The molecule has 0 aliphatic heterocycles. The number of allylic oxidation sites excluding steroid dienone is 20. The fraction of sp³-hybridized carbons (Fsp3) is 0.633. The number of aliphatic hydroxyl groups is 2. The van der Waals surface area contributed by atoms with E-state index < -0.39 is 18.2 Å². The molecule has 3 N–H and O–H groups in total. The third-order valence-electron chi connectivity index (χ3n) is 11.4. The van der Waals surface area contributed by atoms with Crippen molar-refractivity contribution in [1.29, 1.82) is 0 Å². The van der Waals surface area contributed by atoms with E-state index in [9.17, 15) is 19.8 Å². The third kappa shape index (κ3) is 46.8. The predicted molar refractivity (Wildman–Crippen MR) is 286 cm³/mol. The Kier molecular flexibility index (Phi) is 49.3. The Hall–Kier alpha value is -3.74. The molecule has 3 atom stereocenters. The third-order valence-corrected chi connectivity index (χ3v) is 11.4. The molecule has 0 heterocycles. The summed E-state index contributed by atoms with van der Waals surface area (Å²) in [4.78, 5) is 26.1. The predicted octanol–water partition coefficient (Wildman–Crippen LogP) is 16.5. The van der Waals surface area contributed by atoms with Crippen LogP contribution in [0, 0.1) is 0 Å². The average molecular weight is 914 g/mol. The molecule has 0 aromatic rings. The molecule has 0 aromatic heterocycles. The standard InChI is InChI=1S/C60H99NO5/c1-4-7-10-13-16-19-22-24-26-28-29-31-33-35-38-41-44-47-50-53-60(65)66-56(51-48-45-42-39-36-21-18-15-12-9-6-3)54-59(64)61-57(55-62)58(63)52-49-46-43-40-37-34-32-30-27-25-23-20-17-14-11-8-5-2/h7,9-10,12,15-16,18-19,21,24,26,29,31,35-36,38-39,42,44,47,56-58,62-63H,4-6,8,11,13-14,17,20,22-23,25,27-28,30,32-34,37,40-41,43,45-46,48-55H2,1-3H3,(H,61,64)/b10-7-,12-9+,18-15+,19-16-,26-24-,31-29-,36-21-,38-35-,42-39-,47-44-. The summed E-state index contributed by atoms with van der Waals surface area (Å²) >= 11 is 0. The van der Waals surface area contributed by atoms with Crippen molar-refractivity contribution in [2.45, 2.75) is 238 Å². The van der Waals surface area contributed by atoms with Crippen molar-refractivity contribution < 1.29 is 24.5 Å². The fourth-order valence-corrected chi connectivity index (χ4v) is 7.41. The lowest BCUT2D eigenvalue weighted by molar-refractivity contribution is -0.150. The summed E-state index contributed by atoms with van der Waals surface area (Å²) in [7, 11) is 0. The summed E-state index contributed by atoms with van der Waals surface area (Å²) in [6.45, 7) is 6.19. The summed E-state index contributed by atoms with van der Waals surface area (Å²) in [5.74, 6) is -0.653. The summed E-state index contributed by atoms with van der Waals surface area (Å²) < 4.78 is 5.85. The first-order chi connectivity index (χ1) is 32.5. The van der Waals surface area contributed by atoms with E-state index in [0.29, 0.717) is 19.3 Å². The van der Waals surface area contributed by atoms with Gasteiger partial charge in [-0.05, 0) is 77.0 Å². The molecule has 3 unspecified atom stereocenters. The van der Waals surface area contributed by atoms with E-state index in [1.807, 2.05) is 42.5 Å². The van der Waals surface area contributed by atoms with Gasteiger partial charge in [0, 0.05) is 6.42 Å². The van der Waals surface area contributed by atoms with Gasteiger partial charge >= 0.3 is 5.97 Å². The molecule has 0 bridgehead atoms. The maximum atomic E-state index is 13.2. The van der Waals surface area contributed by atoms with E-state index in [4.69, 9.17) is 4.74 Å². The van der Waals surface area contributed by atoms with Crippen molar-refractivity contribution in [2.75, 3.05) is 6.61 Å². The van der Waals surface area contributed by atoms with Crippen LogP contribution in [-0.2, 0) is 14.3 Å². The Morgan fingerprint density at radius 3 is 1.36 bits per heavy atom. The Morgan fingerprint density at radius 2 is 0.894 bits per heavy atom. The highest BCUT2D eigenvalue weighted by Gasteiger charge is 2.23. The van der Waals surface area contributed by atoms with E-state index in [2.05, 4.69) is 105 Å². The van der Waals surface area contributed by atoms with Gasteiger partial charge in [0.1, 0.15) is 6.10 Å². The Bertz CT molecular complexity index is 1390. The Morgan fingerprint density at radius 1 is 0.470 bits per heavy atom. The second-order valence-electron chi connectivity index (χ2n) is 17.6. The molecule has 1 amide bonds. The molecule has 0 spiro atoms. The van der Waals surface area contributed by atoms with Crippen LogP contribution in [0.4, 0.5) is 0 Å². The molecule has 0 saturated heterocycles. The number of hydrogen-bond donors (Lipinski definition) is 3. The molecule has 0 aliphatic carbocycles. The number of aliphatic hydroxyl groups excluding tert-OH is 2. The molecule has 6 heteroatoms. The quantitative estimate of drug-likeness (QED) is 0.0245. The number of unbranched alkanes of at least 4 members (excludes halogenated alkanes) is 17. The van der Waals surface area contributed by atoms with Gasteiger partial charge in [0.25, 0.3) is 0 Å². The summed E-state index contributed by atoms with van der Waals surface area (Å²) in [6.07, 6.45) is 72.8. The van der Waals surface area contributed by atoms with Gasteiger partial charge in [-0.3, -0.25) is 9.59 Å². The fourth-order valence-electron chi connectivity index (χ4n) is 7.41. The second kappa shape index (κ2) is 52.2. The van der Waals surface area contributed by atoms with Crippen LogP contribution in [0.25, 0.3) is 0 Å². The van der Waals surface area contributed by atoms with Crippen LogP contribution in [0.2, 0.25) is 0 Å². The average Bonchev–Trinajstić information content (AvgIpc) is 3.31.